The van der Waals surface area contributed by atoms with Crippen LogP contribution in [0.3, 0.4) is 0 Å². The van der Waals surface area contributed by atoms with E-state index in [2.05, 4.69) is 65.0 Å². The van der Waals surface area contributed by atoms with Crippen LogP contribution in [0.1, 0.15) is 33.2 Å². The Bertz CT molecular complexity index is 654. The lowest BCUT2D eigenvalue weighted by Gasteiger charge is -2.19. The molecular formula is C15H19IN2O2S. The third-order valence-corrected chi connectivity index (χ3v) is 4.81. The van der Waals surface area contributed by atoms with Crippen molar-refractivity contribution < 1.29 is 9.90 Å². The molecule has 1 atom stereocenters. The van der Waals surface area contributed by atoms with Gasteiger partial charge in [-0.25, -0.2) is 4.98 Å². The molecule has 0 bridgehead atoms. The van der Waals surface area contributed by atoms with Gasteiger partial charge in [-0.2, -0.15) is 0 Å². The smallest absolute Gasteiger partial charge is 0.313 e. The van der Waals surface area contributed by atoms with Crippen LogP contribution in [-0.4, -0.2) is 26.4 Å². The molecule has 0 saturated carbocycles. The quantitative estimate of drug-likeness (QED) is 0.557. The van der Waals surface area contributed by atoms with Crippen LogP contribution in [0.5, 0.6) is 0 Å². The molecule has 0 spiro atoms. The van der Waals surface area contributed by atoms with E-state index >= 15 is 0 Å². The Kier molecular flexibility index (Phi) is 5.54. The highest BCUT2D eigenvalue weighted by atomic mass is 127. The molecule has 114 valence electrons. The van der Waals surface area contributed by atoms with Gasteiger partial charge in [0.25, 0.3) is 0 Å². The van der Waals surface area contributed by atoms with E-state index in [1.807, 2.05) is 6.07 Å². The highest BCUT2D eigenvalue weighted by Gasteiger charge is 2.18. The number of halogens is 1. The number of hydrogen-bond acceptors (Lipinski definition) is 3. The highest BCUT2D eigenvalue weighted by molar-refractivity contribution is 14.1. The van der Waals surface area contributed by atoms with Gasteiger partial charge in [-0.05, 0) is 60.1 Å². The second-order valence-electron chi connectivity index (χ2n) is 5.56. The van der Waals surface area contributed by atoms with Crippen LogP contribution in [0.2, 0.25) is 0 Å². The highest BCUT2D eigenvalue weighted by Crippen LogP contribution is 2.31. The van der Waals surface area contributed by atoms with Crippen LogP contribution >= 0.6 is 34.4 Å². The number of fused-ring (bicyclic) bond motifs is 1. The Balaban J connectivity index is 2.46. The number of aliphatic carboxylic acids is 1. The molecule has 0 amide bonds. The number of benzene rings is 1. The van der Waals surface area contributed by atoms with Crippen molar-refractivity contribution in [2.24, 2.45) is 5.92 Å². The third-order valence-electron chi connectivity index (χ3n) is 3.20. The molecule has 6 heteroatoms. The summed E-state index contributed by atoms with van der Waals surface area (Å²) in [5.41, 5.74) is 2.02. The molecule has 21 heavy (non-hydrogen) atoms. The zero-order chi connectivity index (χ0) is 15.6. The lowest BCUT2D eigenvalue weighted by Crippen LogP contribution is -2.10. The maximum atomic E-state index is 10.8. The lowest BCUT2D eigenvalue weighted by molar-refractivity contribution is -0.133. The zero-order valence-electron chi connectivity index (χ0n) is 12.3. The maximum absolute atomic E-state index is 10.8. The van der Waals surface area contributed by atoms with E-state index in [1.54, 1.807) is 0 Å². The van der Waals surface area contributed by atoms with Crippen molar-refractivity contribution >= 4 is 51.4 Å². The molecule has 0 aliphatic heterocycles. The van der Waals surface area contributed by atoms with Gasteiger partial charge in [0, 0.05) is 9.61 Å². The minimum atomic E-state index is -0.815. The molecule has 2 aromatic rings. The molecule has 0 fully saturated rings. The molecule has 2 rings (SSSR count). The molecular weight excluding hydrogens is 399 g/mol. The summed E-state index contributed by atoms with van der Waals surface area (Å²) < 4.78 is 3.31. The monoisotopic (exact) mass is 418 g/mol. The maximum Gasteiger partial charge on any atom is 0.313 e. The van der Waals surface area contributed by atoms with Gasteiger partial charge in [0.05, 0.1) is 16.8 Å². The fourth-order valence-corrected chi connectivity index (χ4v) is 3.80. The first-order valence-corrected chi connectivity index (χ1v) is 8.97. The van der Waals surface area contributed by atoms with Crippen LogP contribution in [0.4, 0.5) is 0 Å². The summed E-state index contributed by atoms with van der Waals surface area (Å²) >= 11 is 3.56. The number of rotatable bonds is 6. The van der Waals surface area contributed by atoms with Crippen molar-refractivity contribution in [2.45, 2.75) is 38.4 Å². The summed E-state index contributed by atoms with van der Waals surface area (Å²) in [6.45, 7) is 6.56. The predicted octanol–water partition coefficient (Wildman–Crippen LogP) is 4.42. The minimum absolute atomic E-state index is 0.0365. The Hall–Kier alpha value is -0.760. The SMILES string of the molecule is CC(C)CC(C)n1c(SCC(=O)O)nc2cc(I)ccc21. The van der Waals surface area contributed by atoms with Crippen LogP contribution in [0, 0.1) is 9.49 Å². The standard InChI is InChI=1S/C15H19IN2O2S/c1-9(2)6-10(3)18-13-5-4-11(16)7-12(13)17-15(18)21-8-14(19)20/h4-5,7,9-10H,6,8H2,1-3H3,(H,19,20). The number of hydrogen-bond donors (Lipinski definition) is 1. The number of carboxylic acid groups (broad SMARTS) is 1. The number of thioether (sulfide) groups is 1. The largest absolute Gasteiger partial charge is 0.481 e. The van der Waals surface area contributed by atoms with Crippen molar-refractivity contribution in [3.63, 3.8) is 0 Å². The van der Waals surface area contributed by atoms with E-state index in [4.69, 9.17) is 5.11 Å². The fourth-order valence-electron chi connectivity index (χ4n) is 2.49. The van der Waals surface area contributed by atoms with Gasteiger partial charge in [-0.1, -0.05) is 25.6 Å². The molecule has 1 N–H and O–H groups in total. The topological polar surface area (TPSA) is 55.1 Å². The number of nitrogens with zero attached hydrogens (tertiary/aromatic N) is 2. The Morgan fingerprint density at radius 1 is 1.43 bits per heavy atom. The second-order valence-corrected chi connectivity index (χ2v) is 7.75. The molecule has 0 saturated heterocycles. The third kappa shape index (κ3) is 4.12. The summed E-state index contributed by atoms with van der Waals surface area (Å²) in [7, 11) is 0. The van der Waals surface area contributed by atoms with E-state index in [0.717, 1.165) is 26.2 Å². The molecule has 0 radical (unpaired) electrons. The van der Waals surface area contributed by atoms with Crippen molar-refractivity contribution in [3.8, 4) is 0 Å². The van der Waals surface area contributed by atoms with E-state index in [1.165, 1.54) is 11.8 Å². The van der Waals surface area contributed by atoms with Crippen LogP contribution in [0.15, 0.2) is 23.4 Å². The number of imidazole rings is 1. The number of carbonyl (C=O) groups is 1. The van der Waals surface area contributed by atoms with Crippen LogP contribution in [0.25, 0.3) is 11.0 Å². The first kappa shape index (κ1) is 16.6. The molecule has 4 nitrogen and oxygen atoms in total. The van der Waals surface area contributed by atoms with Gasteiger partial charge < -0.3 is 9.67 Å². The van der Waals surface area contributed by atoms with Crippen molar-refractivity contribution in [3.05, 3.63) is 21.8 Å². The summed E-state index contributed by atoms with van der Waals surface area (Å²) in [6, 6.07) is 6.48. The summed E-state index contributed by atoms with van der Waals surface area (Å²) in [6.07, 6.45) is 1.04. The summed E-state index contributed by atoms with van der Waals surface area (Å²) in [4.78, 5) is 15.5. The average Bonchev–Trinajstić information content (AvgIpc) is 2.72. The van der Waals surface area contributed by atoms with Gasteiger partial charge in [0.15, 0.2) is 5.16 Å². The first-order valence-electron chi connectivity index (χ1n) is 6.90. The normalized spacial score (nSPS) is 13.0. The van der Waals surface area contributed by atoms with E-state index in [0.29, 0.717) is 12.0 Å². The lowest BCUT2D eigenvalue weighted by atomic mass is 10.1. The zero-order valence-corrected chi connectivity index (χ0v) is 15.3. The fraction of sp³-hybridized carbons (Fsp3) is 0.467. The minimum Gasteiger partial charge on any atom is -0.481 e. The van der Waals surface area contributed by atoms with Gasteiger partial charge in [-0.15, -0.1) is 0 Å². The number of carboxylic acids is 1. The van der Waals surface area contributed by atoms with E-state index in [9.17, 15) is 4.79 Å². The molecule has 1 aromatic carbocycles. The van der Waals surface area contributed by atoms with E-state index < -0.39 is 5.97 Å². The molecule has 0 aliphatic rings. The molecule has 1 heterocycles. The van der Waals surface area contributed by atoms with Crippen molar-refractivity contribution in [1.29, 1.82) is 0 Å². The summed E-state index contributed by atoms with van der Waals surface area (Å²) in [5, 5.41) is 9.70. The van der Waals surface area contributed by atoms with Gasteiger partial charge >= 0.3 is 5.97 Å². The van der Waals surface area contributed by atoms with Crippen LogP contribution < -0.4 is 0 Å². The Labute approximate surface area is 142 Å². The van der Waals surface area contributed by atoms with E-state index in [-0.39, 0.29) is 5.75 Å². The molecule has 0 aliphatic carbocycles. The Morgan fingerprint density at radius 2 is 2.14 bits per heavy atom. The van der Waals surface area contributed by atoms with Crippen molar-refractivity contribution in [1.82, 2.24) is 9.55 Å². The van der Waals surface area contributed by atoms with Gasteiger partial charge in [-0.3, -0.25) is 4.79 Å². The summed E-state index contributed by atoms with van der Waals surface area (Å²) in [5.74, 6) is -0.197. The predicted molar refractivity (Wildman–Crippen MR) is 95.0 cm³/mol. The first-order chi connectivity index (χ1) is 9.88. The van der Waals surface area contributed by atoms with Crippen molar-refractivity contribution in [2.75, 3.05) is 5.75 Å². The molecule has 1 aromatic heterocycles. The van der Waals surface area contributed by atoms with Gasteiger partial charge in [0.2, 0.25) is 0 Å². The Morgan fingerprint density at radius 3 is 2.76 bits per heavy atom. The van der Waals surface area contributed by atoms with Gasteiger partial charge in [0.1, 0.15) is 0 Å². The number of aromatic nitrogens is 2. The molecule has 1 unspecified atom stereocenters. The average molecular weight is 418 g/mol. The van der Waals surface area contributed by atoms with Crippen LogP contribution in [-0.2, 0) is 4.79 Å². The second kappa shape index (κ2) is 7.00.